The standard InChI is InChI=1S/C32H42N2O10/c1-14-12-15(2)32(40)18(13-21(41-6)30(38)43-26(14)17(4)42-31(39)28(36)33-5)9-10-19-22-23(24(19)32)25(35)16(3)27(22)44-29(37)20-8-7-11-34-20/h7-12,14,16-19,21-27,34-35,40H,13H2,1-6H3,(H,33,36)/b15-12+/t14-,16-,17-,18-,19?,21+,22+,23?,24?,25-,26?,27-,32+/m1/s1. The molecule has 3 aliphatic carbocycles. The topological polar surface area (TPSA) is 173 Å². The molecular formula is C32H42N2O10. The Morgan fingerprint density at radius 3 is 2.57 bits per heavy atom. The first-order valence-corrected chi connectivity index (χ1v) is 15.1. The van der Waals surface area contributed by atoms with Gasteiger partial charge in [-0.15, -0.1) is 0 Å². The number of amides is 1. The van der Waals surface area contributed by atoms with Gasteiger partial charge < -0.3 is 39.5 Å². The smallest absolute Gasteiger partial charge is 0.397 e. The number of allylic oxidation sites excluding steroid dienone is 1. The lowest BCUT2D eigenvalue weighted by Gasteiger charge is -2.61. The van der Waals surface area contributed by atoms with Crippen molar-refractivity contribution in [3.8, 4) is 0 Å². The molecule has 0 bridgehead atoms. The molecule has 5 rings (SSSR count). The molecule has 1 aromatic heterocycles. The van der Waals surface area contributed by atoms with Crippen LogP contribution in [-0.2, 0) is 33.3 Å². The number of hydrogen-bond acceptors (Lipinski definition) is 10. The summed E-state index contributed by atoms with van der Waals surface area (Å²) in [7, 11) is 2.69. The van der Waals surface area contributed by atoms with Gasteiger partial charge in [-0.3, -0.25) is 4.79 Å². The van der Waals surface area contributed by atoms with Gasteiger partial charge in [-0.1, -0.05) is 32.1 Å². The molecule has 0 saturated heterocycles. The summed E-state index contributed by atoms with van der Waals surface area (Å²) in [6, 6.07) is 3.34. The summed E-state index contributed by atoms with van der Waals surface area (Å²) in [6.45, 7) is 6.97. The molecule has 2 heterocycles. The zero-order valence-electron chi connectivity index (χ0n) is 25.8. The van der Waals surface area contributed by atoms with Crippen LogP contribution >= 0.6 is 0 Å². The number of esters is 3. The van der Waals surface area contributed by atoms with Gasteiger partial charge in [-0.25, -0.2) is 14.4 Å². The third-order valence-electron chi connectivity index (χ3n) is 10.3. The van der Waals surface area contributed by atoms with Crippen molar-refractivity contribution in [2.45, 2.75) is 70.2 Å². The van der Waals surface area contributed by atoms with E-state index in [4.69, 9.17) is 18.9 Å². The minimum atomic E-state index is -1.48. The lowest BCUT2D eigenvalue weighted by Crippen LogP contribution is -2.65. The Kier molecular flexibility index (Phi) is 8.80. The molecule has 0 radical (unpaired) electrons. The second-order valence-corrected chi connectivity index (χ2v) is 12.6. The number of nitrogens with one attached hydrogen (secondary N) is 2. The maximum absolute atomic E-state index is 13.4. The number of H-pyrrole nitrogens is 1. The number of aliphatic hydroxyl groups excluding tert-OH is 1. The average molecular weight is 615 g/mol. The van der Waals surface area contributed by atoms with E-state index in [9.17, 15) is 29.4 Å². The summed E-state index contributed by atoms with van der Waals surface area (Å²) in [4.78, 5) is 53.1. The molecule has 1 aromatic rings. The van der Waals surface area contributed by atoms with Crippen LogP contribution in [0.15, 0.2) is 42.1 Å². The molecule has 4 unspecified atom stereocenters. The maximum Gasteiger partial charge on any atom is 0.397 e. The molecule has 13 atom stereocenters. The quantitative estimate of drug-likeness (QED) is 0.165. The van der Waals surface area contributed by atoms with Gasteiger partial charge in [0.15, 0.2) is 6.10 Å². The number of cyclic esters (lactones) is 1. The van der Waals surface area contributed by atoms with E-state index in [2.05, 4.69) is 10.3 Å². The lowest BCUT2D eigenvalue weighted by atomic mass is 9.46. The van der Waals surface area contributed by atoms with Crippen LogP contribution in [0.3, 0.4) is 0 Å². The van der Waals surface area contributed by atoms with E-state index in [-0.39, 0.29) is 30.1 Å². The fourth-order valence-corrected chi connectivity index (χ4v) is 8.13. The summed E-state index contributed by atoms with van der Waals surface area (Å²) < 4.78 is 22.6. The molecule has 1 aliphatic heterocycles. The van der Waals surface area contributed by atoms with Crippen molar-refractivity contribution in [1.29, 1.82) is 0 Å². The SMILES string of the molecule is CNC(=O)C(=O)O[C@H](C)C1OC(=O)[C@@H](OC)C[C@H]2C=CC3C(C4[C@H]3[C@H](OC(=O)c3ccc[nH]3)[C@H](C)[C@H]4O)[C@]2(O)/C(C)=C/[C@H]1C. The van der Waals surface area contributed by atoms with Crippen molar-refractivity contribution in [3.63, 3.8) is 0 Å². The zero-order chi connectivity index (χ0) is 32.1. The predicted octanol–water partition coefficient (Wildman–Crippen LogP) is 1.54. The highest BCUT2D eigenvalue weighted by Crippen LogP contribution is 2.66. The molecule has 0 spiro atoms. The first kappa shape index (κ1) is 31.9. The molecule has 1 amide bonds. The van der Waals surface area contributed by atoms with Gasteiger partial charge >= 0.3 is 23.8 Å². The van der Waals surface area contributed by atoms with Crippen molar-refractivity contribution in [2.24, 2.45) is 41.4 Å². The summed E-state index contributed by atoms with van der Waals surface area (Å²) in [6.07, 6.45) is 3.03. The minimum Gasteiger partial charge on any atom is -0.457 e. The van der Waals surface area contributed by atoms with E-state index in [1.54, 1.807) is 31.3 Å². The molecule has 2 saturated carbocycles. The number of aliphatic hydroxyl groups is 2. The van der Waals surface area contributed by atoms with Gasteiger partial charge in [0, 0.05) is 49.9 Å². The molecule has 12 nitrogen and oxygen atoms in total. The van der Waals surface area contributed by atoms with Crippen LogP contribution in [-0.4, -0.2) is 89.3 Å². The number of carbonyl (C=O) groups is 4. The molecule has 12 heteroatoms. The van der Waals surface area contributed by atoms with Crippen LogP contribution in [0.4, 0.5) is 0 Å². The minimum absolute atomic E-state index is 0.0958. The molecule has 240 valence electrons. The van der Waals surface area contributed by atoms with Crippen LogP contribution in [0.2, 0.25) is 0 Å². The Labute approximate surface area is 256 Å². The number of hydrogen-bond donors (Lipinski definition) is 4. The largest absolute Gasteiger partial charge is 0.457 e. The second kappa shape index (κ2) is 12.1. The molecule has 2 fully saturated rings. The first-order valence-electron chi connectivity index (χ1n) is 15.1. The van der Waals surface area contributed by atoms with Gasteiger partial charge in [0.05, 0.1) is 11.7 Å². The fraction of sp³-hybridized carbons (Fsp3) is 0.625. The fourth-order valence-electron chi connectivity index (χ4n) is 8.13. The van der Waals surface area contributed by atoms with Crippen LogP contribution < -0.4 is 5.32 Å². The number of fused-ring (bicyclic) bond motifs is 6. The number of likely N-dealkylation sites (N-methyl/N-ethyl adjacent to an activating group) is 1. The summed E-state index contributed by atoms with van der Waals surface area (Å²) in [5.41, 5.74) is -0.539. The number of ether oxygens (including phenoxy) is 4. The molecular weight excluding hydrogens is 572 g/mol. The highest BCUT2D eigenvalue weighted by Gasteiger charge is 2.71. The van der Waals surface area contributed by atoms with E-state index in [1.807, 2.05) is 26.0 Å². The van der Waals surface area contributed by atoms with Crippen molar-refractivity contribution in [3.05, 3.63) is 47.8 Å². The van der Waals surface area contributed by atoms with Gasteiger partial charge in [-0.05, 0) is 49.8 Å². The summed E-state index contributed by atoms with van der Waals surface area (Å²) in [5.74, 6) is -5.88. The van der Waals surface area contributed by atoms with E-state index in [0.29, 0.717) is 11.3 Å². The molecule has 4 aliphatic rings. The third-order valence-corrected chi connectivity index (χ3v) is 10.3. The van der Waals surface area contributed by atoms with Gasteiger partial charge in [-0.2, -0.15) is 0 Å². The Hall–Kier alpha value is -3.48. The van der Waals surface area contributed by atoms with Crippen LogP contribution in [0.1, 0.15) is 44.6 Å². The highest BCUT2D eigenvalue weighted by molar-refractivity contribution is 6.32. The second-order valence-electron chi connectivity index (χ2n) is 12.6. The van der Waals surface area contributed by atoms with Gasteiger partial charge in [0.2, 0.25) is 0 Å². The van der Waals surface area contributed by atoms with Crippen molar-refractivity contribution in [2.75, 3.05) is 14.2 Å². The average Bonchev–Trinajstić information content (AvgIpc) is 3.59. The van der Waals surface area contributed by atoms with Crippen LogP contribution in [0.5, 0.6) is 0 Å². The van der Waals surface area contributed by atoms with E-state index in [1.165, 1.54) is 21.1 Å². The number of methoxy groups -OCH3 is 1. The van der Waals surface area contributed by atoms with Crippen LogP contribution in [0, 0.1) is 41.4 Å². The molecule has 4 N–H and O–H groups in total. The maximum atomic E-state index is 13.4. The summed E-state index contributed by atoms with van der Waals surface area (Å²) >= 11 is 0. The van der Waals surface area contributed by atoms with E-state index >= 15 is 0 Å². The normalized spacial score (nSPS) is 41.3. The zero-order valence-corrected chi connectivity index (χ0v) is 25.8. The van der Waals surface area contributed by atoms with E-state index < -0.39 is 77.7 Å². The van der Waals surface area contributed by atoms with Crippen molar-refractivity contribution < 1.29 is 48.3 Å². The Morgan fingerprint density at radius 2 is 1.93 bits per heavy atom. The van der Waals surface area contributed by atoms with Crippen LogP contribution in [0.25, 0.3) is 0 Å². The molecule has 44 heavy (non-hydrogen) atoms. The van der Waals surface area contributed by atoms with Gasteiger partial charge in [0.1, 0.15) is 24.0 Å². The Morgan fingerprint density at radius 1 is 1.20 bits per heavy atom. The van der Waals surface area contributed by atoms with E-state index in [0.717, 1.165) is 0 Å². The Bertz CT molecular complexity index is 1340. The Balaban J connectivity index is 1.48. The summed E-state index contributed by atoms with van der Waals surface area (Å²) in [5, 5.41) is 26.4. The lowest BCUT2D eigenvalue weighted by molar-refractivity contribution is -0.189. The number of rotatable bonds is 5. The number of aromatic nitrogens is 1. The van der Waals surface area contributed by atoms with Crippen molar-refractivity contribution in [1.82, 2.24) is 10.3 Å². The highest BCUT2D eigenvalue weighted by atomic mass is 16.6. The first-order chi connectivity index (χ1) is 20.8. The monoisotopic (exact) mass is 614 g/mol. The number of carbonyl (C=O) groups excluding carboxylic acids is 4. The third kappa shape index (κ3) is 5.16. The molecule has 0 aromatic carbocycles. The number of aromatic amines is 1. The predicted molar refractivity (Wildman–Crippen MR) is 155 cm³/mol. The van der Waals surface area contributed by atoms with Crippen molar-refractivity contribution >= 4 is 23.8 Å². The van der Waals surface area contributed by atoms with Gasteiger partial charge in [0.25, 0.3) is 0 Å².